The van der Waals surface area contributed by atoms with Gasteiger partial charge in [0.2, 0.25) is 17.6 Å². The van der Waals surface area contributed by atoms with E-state index in [9.17, 15) is 4.79 Å². The molecule has 1 aromatic carbocycles. The van der Waals surface area contributed by atoms with Gasteiger partial charge in [-0.15, -0.1) is 12.4 Å². The van der Waals surface area contributed by atoms with E-state index in [0.717, 1.165) is 37.1 Å². The number of aromatic nitrogens is 2. The van der Waals surface area contributed by atoms with Crippen LogP contribution in [-0.2, 0) is 11.3 Å². The average Bonchev–Trinajstić information content (AvgIpc) is 3.05. The van der Waals surface area contributed by atoms with Gasteiger partial charge in [-0.05, 0) is 18.4 Å². The van der Waals surface area contributed by atoms with E-state index in [0.29, 0.717) is 18.3 Å². The molecule has 6 nitrogen and oxygen atoms in total. The SMILES string of the molecule is CC(=O)N1CCC(c2nc(-c3ccc(CN)cc3)no2)CC1.Cl. The van der Waals surface area contributed by atoms with Gasteiger partial charge >= 0.3 is 0 Å². The summed E-state index contributed by atoms with van der Waals surface area (Å²) < 4.78 is 5.42. The molecule has 2 heterocycles. The van der Waals surface area contributed by atoms with Crippen molar-refractivity contribution in [3.05, 3.63) is 35.7 Å². The van der Waals surface area contributed by atoms with E-state index in [4.69, 9.17) is 10.3 Å². The van der Waals surface area contributed by atoms with Crippen molar-refractivity contribution in [2.24, 2.45) is 5.73 Å². The molecular formula is C16H21ClN4O2. The predicted octanol–water partition coefficient (Wildman–Crippen LogP) is 2.34. The first kappa shape index (κ1) is 17.4. The molecule has 0 aliphatic carbocycles. The Hall–Kier alpha value is -1.92. The molecule has 0 saturated carbocycles. The molecule has 124 valence electrons. The highest BCUT2D eigenvalue weighted by molar-refractivity contribution is 5.85. The van der Waals surface area contributed by atoms with E-state index in [1.165, 1.54) is 0 Å². The third kappa shape index (κ3) is 3.89. The summed E-state index contributed by atoms with van der Waals surface area (Å²) in [7, 11) is 0. The average molecular weight is 337 g/mol. The molecule has 0 atom stereocenters. The fourth-order valence-corrected chi connectivity index (χ4v) is 2.75. The van der Waals surface area contributed by atoms with Crippen molar-refractivity contribution in [3.8, 4) is 11.4 Å². The lowest BCUT2D eigenvalue weighted by Crippen LogP contribution is -2.36. The summed E-state index contributed by atoms with van der Waals surface area (Å²) in [6, 6.07) is 7.85. The zero-order valence-electron chi connectivity index (χ0n) is 13.1. The third-order valence-corrected chi connectivity index (χ3v) is 4.18. The number of amides is 1. The molecule has 1 amide bonds. The number of nitrogens with zero attached hydrogens (tertiary/aromatic N) is 3. The van der Waals surface area contributed by atoms with Gasteiger partial charge in [-0.3, -0.25) is 4.79 Å². The van der Waals surface area contributed by atoms with Gasteiger partial charge in [0.15, 0.2) is 0 Å². The number of hydrogen-bond donors (Lipinski definition) is 1. The first-order valence-corrected chi connectivity index (χ1v) is 7.56. The number of carbonyl (C=O) groups is 1. The van der Waals surface area contributed by atoms with Gasteiger partial charge in [0.05, 0.1) is 0 Å². The van der Waals surface area contributed by atoms with Gasteiger partial charge < -0.3 is 15.2 Å². The smallest absolute Gasteiger partial charge is 0.230 e. The Morgan fingerprint density at radius 1 is 1.30 bits per heavy atom. The molecule has 2 aromatic rings. The number of carbonyl (C=O) groups excluding carboxylic acids is 1. The molecule has 0 bridgehead atoms. The molecule has 1 saturated heterocycles. The standard InChI is InChI=1S/C16H20N4O2.ClH/c1-11(21)20-8-6-14(7-9-20)16-18-15(19-22-16)13-4-2-12(10-17)3-5-13;/h2-5,14H,6-10,17H2,1H3;1H. The number of piperidine rings is 1. The Morgan fingerprint density at radius 3 is 2.52 bits per heavy atom. The Balaban J connectivity index is 0.00000192. The summed E-state index contributed by atoms with van der Waals surface area (Å²) in [6.07, 6.45) is 1.74. The number of halogens is 1. The zero-order chi connectivity index (χ0) is 15.5. The molecule has 0 unspecified atom stereocenters. The largest absolute Gasteiger partial charge is 0.343 e. The van der Waals surface area contributed by atoms with E-state index in [1.807, 2.05) is 29.2 Å². The highest BCUT2D eigenvalue weighted by Crippen LogP contribution is 2.28. The van der Waals surface area contributed by atoms with Crippen LogP contribution in [0.2, 0.25) is 0 Å². The van der Waals surface area contributed by atoms with Crippen molar-refractivity contribution in [3.63, 3.8) is 0 Å². The molecule has 0 spiro atoms. The summed E-state index contributed by atoms with van der Waals surface area (Å²) in [5.74, 6) is 1.64. The quantitative estimate of drug-likeness (QED) is 0.929. The second-order valence-corrected chi connectivity index (χ2v) is 5.64. The van der Waals surface area contributed by atoms with Crippen LogP contribution in [0.4, 0.5) is 0 Å². The predicted molar refractivity (Wildman–Crippen MR) is 89.1 cm³/mol. The highest BCUT2D eigenvalue weighted by Gasteiger charge is 2.26. The summed E-state index contributed by atoms with van der Waals surface area (Å²) in [5, 5.41) is 4.07. The molecule has 7 heteroatoms. The first-order valence-electron chi connectivity index (χ1n) is 7.56. The van der Waals surface area contributed by atoms with Crippen LogP contribution in [0.25, 0.3) is 11.4 Å². The molecule has 1 aliphatic heterocycles. The van der Waals surface area contributed by atoms with Crippen LogP contribution < -0.4 is 5.73 Å². The van der Waals surface area contributed by atoms with Crippen molar-refractivity contribution < 1.29 is 9.32 Å². The molecule has 0 radical (unpaired) electrons. The van der Waals surface area contributed by atoms with Crippen molar-refractivity contribution in [1.29, 1.82) is 0 Å². The Labute approximate surface area is 141 Å². The van der Waals surface area contributed by atoms with Gasteiger partial charge in [0.1, 0.15) is 0 Å². The Morgan fingerprint density at radius 2 is 1.96 bits per heavy atom. The highest BCUT2D eigenvalue weighted by atomic mass is 35.5. The van der Waals surface area contributed by atoms with Crippen LogP contribution in [0.3, 0.4) is 0 Å². The molecule has 2 N–H and O–H groups in total. The van der Waals surface area contributed by atoms with Crippen LogP contribution in [0.15, 0.2) is 28.8 Å². The number of benzene rings is 1. The summed E-state index contributed by atoms with van der Waals surface area (Å²) in [6.45, 7) is 3.63. The Kier molecular flexibility index (Phi) is 5.74. The van der Waals surface area contributed by atoms with Crippen molar-refractivity contribution in [2.45, 2.75) is 32.2 Å². The minimum absolute atomic E-state index is 0. The van der Waals surface area contributed by atoms with Gasteiger partial charge in [0, 0.05) is 38.0 Å². The Bertz CT molecular complexity index is 648. The van der Waals surface area contributed by atoms with Crippen LogP contribution in [0, 0.1) is 0 Å². The number of hydrogen-bond acceptors (Lipinski definition) is 5. The minimum atomic E-state index is 0. The van der Waals surface area contributed by atoms with Crippen molar-refractivity contribution in [2.75, 3.05) is 13.1 Å². The molecule has 1 fully saturated rings. The lowest BCUT2D eigenvalue weighted by atomic mass is 9.97. The second-order valence-electron chi connectivity index (χ2n) is 5.64. The number of likely N-dealkylation sites (tertiary alicyclic amines) is 1. The first-order chi connectivity index (χ1) is 10.7. The topological polar surface area (TPSA) is 85.2 Å². The second kappa shape index (κ2) is 7.57. The number of rotatable bonds is 3. The molecule has 1 aromatic heterocycles. The van der Waals surface area contributed by atoms with Crippen LogP contribution in [-0.4, -0.2) is 34.0 Å². The maximum atomic E-state index is 11.3. The summed E-state index contributed by atoms with van der Waals surface area (Å²) in [5.41, 5.74) is 7.59. The van der Waals surface area contributed by atoms with Gasteiger partial charge in [-0.2, -0.15) is 4.98 Å². The van der Waals surface area contributed by atoms with E-state index in [1.54, 1.807) is 6.92 Å². The van der Waals surface area contributed by atoms with Crippen LogP contribution in [0.5, 0.6) is 0 Å². The van der Waals surface area contributed by atoms with Crippen molar-refractivity contribution in [1.82, 2.24) is 15.0 Å². The fourth-order valence-electron chi connectivity index (χ4n) is 2.75. The van der Waals surface area contributed by atoms with Gasteiger partial charge in [-0.1, -0.05) is 29.4 Å². The van der Waals surface area contributed by atoms with Crippen molar-refractivity contribution >= 4 is 18.3 Å². The van der Waals surface area contributed by atoms with Gasteiger partial charge in [0.25, 0.3) is 0 Å². The van der Waals surface area contributed by atoms with Crippen LogP contribution in [0.1, 0.15) is 37.1 Å². The normalized spacial score (nSPS) is 15.3. The summed E-state index contributed by atoms with van der Waals surface area (Å²) in [4.78, 5) is 17.7. The summed E-state index contributed by atoms with van der Waals surface area (Å²) >= 11 is 0. The minimum Gasteiger partial charge on any atom is -0.343 e. The van der Waals surface area contributed by atoms with E-state index < -0.39 is 0 Å². The molecule has 3 rings (SSSR count). The fraction of sp³-hybridized carbons (Fsp3) is 0.438. The van der Waals surface area contributed by atoms with E-state index in [-0.39, 0.29) is 24.2 Å². The maximum absolute atomic E-state index is 11.3. The van der Waals surface area contributed by atoms with Crippen LogP contribution >= 0.6 is 12.4 Å². The van der Waals surface area contributed by atoms with E-state index in [2.05, 4.69) is 10.1 Å². The lowest BCUT2D eigenvalue weighted by Gasteiger charge is -2.29. The maximum Gasteiger partial charge on any atom is 0.230 e. The molecular weight excluding hydrogens is 316 g/mol. The monoisotopic (exact) mass is 336 g/mol. The molecule has 1 aliphatic rings. The lowest BCUT2D eigenvalue weighted by molar-refractivity contribution is -0.129. The number of nitrogens with two attached hydrogens (primary N) is 1. The van der Waals surface area contributed by atoms with E-state index >= 15 is 0 Å². The molecule has 23 heavy (non-hydrogen) atoms. The third-order valence-electron chi connectivity index (χ3n) is 4.18. The van der Waals surface area contributed by atoms with Gasteiger partial charge in [-0.25, -0.2) is 0 Å². The zero-order valence-corrected chi connectivity index (χ0v) is 13.9.